The summed E-state index contributed by atoms with van der Waals surface area (Å²) in [6.07, 6.45) is 0. The first-order valence-corrected chi connectivity index (χ1v) is 9.86. The van der Waals surface area contributed by atoms with Crippen molar-refractivity contribution in [2.75, 3.05) is 12.4 Å². The molecule has 0 fully saturated rings. The Bertz CT molecular complexity index is 1090. The normalized spacial score (nSPS) is 10.9. The summed E-state index contributed by atoms with van der Waals surface area (Å²) in [6, 6.07) is 19.3. The number of amides is 1. The standard InChI is InChI=1S/C21H19NO5S/c1-15-7-3-5-9-19(15)22-21(23)18-8-4-6-10-20(18)27-28(24,25)17-13-11-16(26-2)12-14-17/h3-14H,1-2H3,(H,22,23). The molecule has 28 heavy (non-hydrogen) atoms. The Balaban J connectivity index is 1.87. The number of methoxy groups -OCH3 is 1. The van der Waals surface area contributed by atoms with Crippen LogP contribution in [0.5, 0.6) is 11.5 Å². The van der Waals surface area contributed by atoms with Crippen LogP contribution in [-0.4, -0.2) is 21.4 Å². The molecule has 0 saturated carbocycles. The molecule has 7 heteroatoms. The second-order valence-corrected chi connectivity index (χ2v) is 7.52. The first-order chi connectivity index (χ1) is 13.4. The van der Waals surface area contributed by atoms with Crippen LogP contribution >= 0.6 is 0 Å². The topological polar surface area (TPSA) is 81.7 Å². The number of rotatable bonds is 6. The molecule has 144 valence electrons. The highest BCUT2D eigenvalue weighted by Gasteiger charge is 2.21. The lowest BCUT2D eigenvalue weighted by molar-refractivity contribution is 0.102. The fourth-order valence-electron chi connectivity index (χ4n) is 2.54. The number of carbonyl (C=O) groups excluding carboxylic acids is 1. The molecule has 0 aromatic heterocycles. The molecule has 0 saturated heterocycles. The predicted octanol–water partition coefficient (Wildman–Crippen LogP) is 4.02. The van der Waals surface area contributed by atoms with Gasteiger partial charge in [0.15, 0.2) is 5.75 Å². The van der Waals surface area contributed by atoms with Crippen molar-refractivity contribution >= 4 is 21.7 Å². The number of aryl methyl sites for hydroxylation is 1. The molecule has 0 spiro atoms. The summed E-state index contributed by atoms with van der Waals surface area (Å²) >= 11 is 0. The van der Waals surface area contributed by atoms with Crippen LogP contribution in [0.2, 0.25) is 0 Å². The first-order valence-electron chi connectivity index (χ1n) is 8.45. The van der Waals surface area contributed by atoms with Gasteiger partial charge in [-0.1, -0.05) is 30.3 Å². The smallest absolute Gasteiger partial charge is 0.339 e. The maximum atomic E-state index is 12.7. The highest BCUT2D eigenvalue weighted by Crippen LogP contribution is 2.25. The number of hydrogen-bond acceptors (Lipinski definition) is 5. The average molecular weight is 397 g/mol. The van der Waals surface area contributed by atoms with Crippen molar-refractivity contribution in [1.29, 1.82) is 0 Å². The summed E-state index contributed by atoms with van der Waals surface area (Å²) in [5.74, 6) is 0.0104. The summed E-state index contributed by atoms with van der Waals surface area (Å²) in [5, 5.41) is 2.78. The van der Waals surface area contributed by atoms with E-state index in [2.05, 4.69) is 5.32 Å². The zero-order valence-electron chi connectivity index (χ0n) is 15.4. The number of anilines is 1. The van der Waals surface area contributed by atoms with E-state index in [9.17, 15) is 13.2 Å². The number of nitrogens with one attached hydrogen (secondary N) is 1. The molecule has 0 aliphatic carbocycles. The predicted molar refractivity (Wildman–Crippen MR) is 106 cm³/mol. The number of ether oxygens (including phenoxy) is 1. The molecule has 1 N–H and O–H groups in total. The summed E-state index contributed by atoms with van der Waals surface area (Å²) in [7, 11) is -2.62. The monoisotopic (exact) mass is 397 g/mol. The van der Waals surface area contributed by atoms with Crippen LogP contribution in [0.15, 0.2) is 77.7 Å². The van der Waals surface area contributed by atoms with Gasteiger partial charge in [0.25, 0.3) is 5.91 Å². The molecule has 1 amide bonds. The largest absolute Gasteiger partial charge is 0.497 e. The van der Waals surface area contributed by atoms with Gasteiger partial charge in [-0.25, -0.2) is 0 Å². The minimum atomic E-state index is -4.11. The van der Waals surface area contributed by atoms with E-state index in [-0.39, 0.29) is 16.2 Å². The Morgan fingerprint density at radius 3 is 2.21 bits per heavy atom. The average Bonchev–Trinajstić information content (AvgIpc) is 2.70. The Morgan fingerprint density at radius 2 is 1.54 bits per heavy atom. The Kier molecular flexibility index (Phi) is 5.65. The van der Waals surface area contributed by atoms with Gasteiger partial charge in [0.2, 0.25) is 0 Å². The van der Waals surface area contributed by atoms with Crippen molar-refractivity contribution in [1.82, 2.24) is 0 Å². The minimum Gasteiger partial charge on any atom is -0.497 e. The van der Waals surface area contributed by atoms with E-state index in [1.165, 1.54) is 43.5 Å². The molecule has 0 bridgehead atoms. The van der Waals surface area contributed by atoms with Crippen molar-refractivity contribution in [3.05, 3.63) is 83.9 Å². The molecule has 3 rings (SSSR count). The molecule has 0 atom stereocenters. The second kappa shape index (κ2) is 8.14. The van der Waals surface area contributed by atoms with E-state index in [1.807, 2.05) is 19.1 Å². The third-order valence-electron chi connectivity index (χ3n) is 4.07. The third kappa shape index (κ3) is 4.32. The van der Waals surface area contributed by atoms with Gasteiger partial charge in [0, 0.05) is 5.69 Å². The summed E-state index contributed by atoms with van der Waals surface area (Å²) < 4.78 is 35.5. The quantitative estimate of drug-likeness (QED) is 0.635. The van der Waals surface area contributed by atoms with Crippen molar-refractivity contribution in [2.45, 2.75) is 11.8 Å². The molecule has 0 radical (unpaired) electrons. The highest BCUT2D eigenvalue weighted by atomic mass is 32.2. The van der Waals surface area contributed by atoms with E-state index < -0.39 is 16.0 Å². The molecule has 0 aliphatic heterocycles. The van der Waals surface area contributed by atoms with Gasteiger partial charge in [0.1, 0.15) is 10.6 Å². The maximum absolute atomic E-state index is 12.7. The lowest BCUT2D eigenvalue weighted by Gasteiger charge is -2.13. The molecule has 3 aromatic rings. The van der Waals surface area contributed by atoms with Crippen LogP contribution in [-0.2, 0) is 10.1 Å². The van der Waals surface area contributed by atoms with Crippen molar-refractivity contribution in [3.63, 3.8) is 0 Å². The molecule has 0 unspecified atom stereocenters. The number of hydrogen-bond donors (Lipinski definition) is 1. The van der Waals surface area contributed by atoms with Gasteiger partial charge in [-0.2, -0.15) is 8.42 Å². The minimum absolute atomic E-state index is 0.0394. The van der Waals surface area contributed by atoms with E-state index in [0.717, 1.165) is 5.56 Å². The van der Waals surface area contributed by atoms with Gasteiger partial charge in [0.05, 0.1) is 12.7 Å². The van der Waals surface area contributed by atoms with E-state index in [4.69, 9.17) is 8.92 Å². The highest BCUT2D eigenvalue weighted by molar-refractivity contribution is 7.87. The Morgan fingerprint density at radius 1 is 0.893 bits per heavy atom. The zero-order chi connectivity index (χ0) is 20.1. The van der Waals surface area contributed by atoms with Crippen LogP contribution in [0.25, 0.3) is 0 Å². The van der Waals surface area contributed by atoms with Crippen LogP contribution in [0, 0.1) is 6.92 Å². The molecular formula is C21H19NO5S. The Hall–Kier alpha value is -3.32. The summed E-state index contributed by atoms with van der Waals surface area (Å²) in [6.45, 7) is 1.87. The molecule has 0 aliphatic rings. The molecule has 0 heterocycles. The van der Waals surface area contributed by atoms with Gasteiger partial charge >= 0.3 is 10.1 Å². The fraction of sp³-hybridized carbons (Fsp3) is 0.0952. The zero-order valence-corrected chi connectivity index (χ0v) is 16.2. The molecule has 3 aromatic carbocycles. The van der Waals surface area contributed by atoms with Gasteiger partial charge < -0.3 is 14.2 Å². The SMILES string of the molecule is COc1ccc(S(=O)(=O)Oc2ccccc2C(=O)Nc2ccccc2C)cc1. The lowest BCUT2D eigenvalue weighted by Crippen LogP contribution is -2.17. The van der Waals surface area contributed by atoms with Gasteiger partial charge in [-0.3, -0.25) is 4.79 Å². The summed E-state index contributed by atoms with van der Waals surface area (Å²) in [5.41, 5.74) is 1.64. The lowest BCUT2D eigenvalue weighted by atomic mass is 10.1. The van der Waals surface area contributed by atoms with Crippen molar-refractivity contribution < 1.29 is 22.1 Å². The van der Waals surface area contributed by atoms with E-state index >= 15 is 0 Å². The van der Waals surface area contributed by atoms with Crippen LogP contribution in [0.1, 0.15) is 15.9 Å². The second-order valence-electron chi connectivity index (χ2n) is 5.98. The van der Waals surface area contributed by atoms with E-state index in [1.54, 1.807) is 24.3 Å². The van der Waals surface area contributed by atoms with Gasteiger partial charge in [-0.15, -0.1) is 0 Å². The van der Waals surface area contributed by atoms with Gasteiger partial charge in [-0.05, 0) is 55.0 Å². The first kappa shape index (κ1) is 19.4. The number of benzene rings is 3. The molecule has 6 nitrogen and oxygen atoms in total. The molecular weight excluding hydrogens is 378 g/mol. The van der Waals surface area contributed by atoms with Crippen molar-refractivity contribution in [2.24, 2.45) is 0 Å². The summed E-state index contributed by atoms with van der Waals surface area (Å²) in [4.78, 5) is 12.7. The van der Waals surface area contributed by atoms with Crippen molar-refractivity contribution in [3.8, 4) is 11.5 Å². The fourth-order valence-corrected chi connectivity index (χ4v) is 3.49. The Labute approximate surface area is 163 Å². The third-order valence-corrected chi connectivity index (χ3v) is 5.32. The van der Waals surface area contributed by atoms with E-state index in [0.29, 0.717) is 11.4 Å². The number of para-hydroxylation sites is 2. The van der Waals surface area contributed by atoms with Crippen LogP contribution < -0.4 is 14.2 Å². The number of carbonyl (C=O) groups is 1. The maximum Gasteiger partial charge on any atom is 0.339 e. The van der Waals surface area contributed by atoms with Crippen LogP contribution in [0.3, 0.4) is 0 Å². The van der Waals surface area contributed by atoms with Crippen LogP contribution in [0.4, 0.5) is 5.69 Å².